The summed E-state index contributed by atoms with van der Waals surface area (Å²) in [5.41, 5.74) is 5.67. The van der Waals surface area contributed by atoms with E-state index in [0.717, 1.165) is 0 Å². The van der Waals surface area contributed by atoms with Gasteiger partial charge in [-0.2, -0.15) is 0 Å². The van der Waals surface area contributed by atoms with Crippen molar-refractivity contribution in [3.8, 4) is 0 Å². The normalized spacial score (nSPS) is 16.3. The van der Waals surface area contributed by atoms with Gasteiger partial charge in [-0.3, -0.25) is 14.3 Å². The van der Waals surface area contributed by atoms with Crippen molar-refractivity contribution in [3.63, 3.8) is 0 Å². The molecule has 1 aliphatic rings. The Labute approximate surface area is 155 Å². The van der Waals surface area contributed by atoms with Crippen LogP contribution in [-0.4, -0.2) is 34.4 Å². The molecule has 2 aromatic rings. The Kier molecular flexibility index (Phi) is 4.66. The Bertz CT molecular complexity index is 1110. The van der Waals surface area contributed by atoms with Crippen LogP contribution in [0, 0.1) is 0 Å². The quantitative estimate of drug-likeness (QED) is 0.742. The van der Waals surface area contributed by atoms with Crippen LogP contribution in [0.2, 0.25) is 0 Å². The van der Waals surface area contributed by atoms with E-state index in [1.54, 1.807) is 0 Å². The maximum atomic E-state index is 12.4. The Morgan fingerprint density at radius 2 is 1.63 bits per heavy atom. The maximum absolute atomic E-state index is 12.4. The van der Waals surface area contributed by atoms with Gasteiger partial charge >= 0.3 is 0 Å². The lowest BCUT2D eigenvalue weighted by molar-refractivity contribution is -0.116. The number of anilines is 2. The highest BCUT2D eigenvalue weighted by Crippen LogP contribution is 2.26. The third-order valence-corrected chi connectivity index (χ3v) is 6.97. The summed E-state index contributed by atoms with van der Waals surface area (Å²) in [5, 5.41) is 0. The second kappa shape index (κ2) is 6.67. The summed E-state index contributed by atoms with van der Waals surface area (Å²) in [4.78, 5) is 22.7. The minimum absolute atomic E-state index is 0.0854. The number of benzene rings is 2. The summed E-state index contributed by atoms with van der Waals surface area (Å²) in [7, 11) is -7.66. The van der Waals surface area contributed by atoms with Crippen LogP contribution in [0.15, 0.2) is 53.4 Å². The molecule has 1 fully saturated rings. The lowest BCUT2D eigenvalue weighted by atomic mass is 10.2. The summed E-state index contributed by atoms with van der Waals surface area (Å²) < 4.78 is 51.7. The van der Waals surface area contributed by atoms with Gasteiger partial charge in [-0.25, -0.2) is 21.1 Å². The SMILES string of the molecule is NC(=O)c1ccc(NS(=O)(=O)c2ccc(N3C(=O)CCS3(=O)=O)cc2)cc1. The molecule has 0 bridgehead atoms. The minimum atomic E-state index is -3.95. The van der Waals surface area contributed by atoms with Crippen LogP contribution in [0.1, 0.15) is 16.8 Å². The number of hydrogen-bond acceptors (Lipinski definition) is 6. The van der Waals surface area contributed by atoms with Crippen LogP contribution in [0.25, 0.3) is 0 Å². The lowest BCUT2D eigenvalue weighted by Gasteiger charge is -2.15. The van der Waals surface area contributed by atoms with Crippen molar-refractivity contribution >= 4 is 43.2 Å². The smallest absolute Gasteiger partial charge is 0.261 e. The number of nitrogens with one attached hydrogen (secondary N) is 1. The van der Waals surface area contributed by atoms with Crippen molar-refractivity contribution in [2.45, 2.75) is 11.3 Å². The molecule has 0 aliphatic carbocycles. The molecule has 0 saturated carbocycles. The number of nitrogens with two attached hydrogens (primary N) is 1. The number of sulfonamides is 2. The zero-order chi connectivity index (χ0) is 19.8. The molecule has 3 N–H and O–H groups in total. The van der Waals surface area contributed by atoms with Crippen molar-refractivity contribution in [2.75, 3.05) is 14.8 Å². The molecule has 3 rings (SSSR count). The zero-order valence-corrected chi connectivity index (χ0v) is 15.5. The molecule has 0 spiro atoms. The van der Waals surface area contributed by atoms with Crippen molar-refractivity contribution in [3.05, 3.63) is 54.1 Å². The van der Waals surface area contributed by atoms with Gasteiger partial charge in [0.2, 0.25) is 21.8 Å². The van der Waals surface area contributed by atoms with Gasteiger partial charge in [-0.05, 0) is 48.5 Å². The molecule has 0 aromatic heterocycles. The van der Waals surface area contributed by atoms with Gasteiger partial charge < -0.3 is 5.73 Å². The molecule has 0 radical (unpaired) electrons. The fourth-order valence-electron chi connectivity index (χ4n) is 2.55. The Balaban J connectivity index is 1.83. The van der Waals surface area contributed by atoms with Crippen LogP contribution in [-0.2, 0) is 24.8 Å². The van der Waals surface area contributed by atoms with Gasteiger partial charge in [0.25, 0.3) is 10.0 Å². The van der Waals surface area contributed by atoms with E-state index >= 15 is 0 Å². The van der Waals surface area contributed by atoms with E-state index in [4.69, 9.17) is 5.73 Å². The molecule has 142 valence electrons. The van der Waals surface area contributed by atoms with Crippen molar-refractivity contribution in [1.29, 1.82) is 0 Å². The first-order valence-electron chi connectivity index (χ1n) is 7.69. The molecule has 1 heterocycles. The summed E-state index contributed by atoms with van der Waals surface area (Å²) in [6, 6.07) is 10.5. The molecule has 27 heavy (non-hydrogen) atoms. The van der Waals surface area contributed by atoms with Gasteiger partial charge in [0.05, 0.1) is 16.3 Å². The molecule has 1 aliphatic heterocycles. The van der Waals surface area contributed by atoms with Crippen LogP contribution < -0.4 is 14.8 Å². The molecular formula is C16H15N3O6S2. The maximum Gasteiger partial charge on any atom is 0.261 e. The van der Waals surface area contributed by atoms with E-state index in [2.05, 4.69) is 4.72 Å². The van der Waals surface area contributed by atoms with E-state index in [0.29, 0.717) is 4.31 Å². The highest BCUT2D eigenvalue weighted by Gasteiger charge is 2.36. The highest BCUT2D eigenvalue weighted by molar-refractivity contribution is 7.94. The van der Waals surface area contributed by atoms with E-state index in [1.807, 2.05) is 0 Å². The molecule has 2 amide bonds. The molecule has 0 atom stereocenters. The topological polar surface area (TPSA) is 144 Å². The fourth-order valence-corrected chi connectivity index (χ4v) is 5.06. The van der Waals surface area contributed by atoms with Crippen LogP contribution in [0.4, 0.5) is 11.4 Å². The van der Waals surface area contributed by atoms with Crippen LogP contribution in [0.5, 0.6) is 0 Å². The number of carbonyl (C=O) groups excluding carboxylic acids is 2. The Morgan fingerprint density at radius 1 is 1.04 bits per heavy atom. The number of rotatable bonds is 5. The Hall–Kier alpha value is -2.92. The zero-order valence-electron chi connectivity index (χ0n) is 13.8. The van der Waals surface area contributed by atoms with Crippen LogP contribution in [0.3, 0.4) is 0 Å². The number of nitrogens with zero attached hydrogens (tertiary/aromatic N) is 1. The summed E-state index contributed by atoms with van der Waals surface area (Å²) in [6.45, 7) is 0. The highest BCUT2D eigenvalue weighted by atomic mass is 32.2. The summed E-state index contributed by atoms with van der Waals surface area (Å²) in [6.07, 6.45) is -0.106. The second-order valence-electron chi connectivity index (χ2n) is 5.77. The summed E-state index contributed by atoms with van der Waals surface area (Å²) >= 11 is 0. The number of carbonyl (C=O) groups is 2. The molecule has 11 heteroatoms. The van der Waals surface area contributed by atoms with Gasteiger partial charge in [0.15, 0.2) is 0 Å². The van der Waals surface area contributed by atoms with Crippen molar-refractivity contribution < 1.29 is 26.4 Å². The molecule has 2 aromatic carbocycles. The monoisotopic (exact) mass is 409 g/mol. The number of hydrogen-bond donors (Lipinski definition) is 2. The predicted molar refractivity (Wildman–Crippen MR) is 98.1 cm³/mol. The van der Waals surface area contributed by atoms with Crippen molar-refractivity contribution in [2.24, 2.45) is 5.73 Å². The molecule has 9 nitrogen and oxygen atoms in total. The predicted octanol–water partition coefficient (Wildman–Crippen LogP) is 0.653. The van der Waals surface area contributed by atoms with Gasteiger partial charge in [0, 0.05) is 17.7 Å². The van der Waals surface area contributed by atoms with E-state index in [-0.39, 0.29) is 34.0 Å². The van der Waals surface area contributed by atoms with Gasteiger partial charge in [-0.1, -0.05) is 0 Å². The largest absolute Gasteiger partial charge is 0.366 e. The first-order chi connectivity index (χ1) is 12.6. The van der Waals surface area contributed by atoms with E-state index in [1.165, 1.54) is 48.5 Å². The average molecular weight is 409 g/mol. The van der Waals surface area contributed by atoms with E-state index < -0.39 is 31.9 Å². The number of amides is 2. The molecule has 0 unspecified atom stereocenters. The van der Waals surface area contributed by atoms with Crippen LogP contribution >= 0.6 is 0 Å². The second-order valence-corrected chi connectivity index (χ2v) is 9.38. The fraction of sp³-hybridized carbons (Fsp3) is 0.125. The first-order valence-corrected chi connectivity index (χ1v) is 10.8. The lowest BCUT2D eigenvalue weighted by Crippen LogP contribution is -2.29. The number of primary amides is 1. The Morgan fingerprint density at radius 3 is 2.11 bits per heavy atom. The average Bonchev–Trinajstić information content (AvgIpc) is 2.88. The standard InChI is InChI=1S/C16H15N3O6S2/c17-16(21)11-1-3-12(4-2-11)18-27(24,25)14-7-5-13(6-8-14)19-15(20)9-10-26(19,22)23/h1-8,18H,9-10H2,(H2,17,21). The molecular weight excluding hydrogens is 394 g/mol. The minimum Gasteiger partial charge on any atom is -0.366 e. The van der Waals surface area contributed by atoms with E-state index in [9.17, 15) is 26.4 Å². The van der Waals surface area contributed by atoms with Crippen molar-refractivity contribution in [1.82, 2.24) is 0 Å². The van der Waals surface area contributed by atoms with Gasteiger partial charge in [-0.15, -0.1) is 0 Å². The van der Waals surface area contributed by atoms with Gasteiger partial charge in [0.1, 0.15) is 0 Å². The third-order valence-electron chi connectivity index (χ3n) is 3.88. The summed E-state index contributed by atoms with van der Waals surface area (Å²) in [5.74, 6) is -1.46. The third kappa shape index (κ3) is 3.78. The first kappa shape index (κ1) is 18.9. The molecule has 1 saturated heterocycles.